The molecule has 1 saturated heterocycles. The molecule has 0 aliphatic carbocycles. The monoisotopic (exact) mass is 281 g/mol. The molecule has 0 aromatic heterocycles. The third-order valence-electron chi connectivity index (χ3n) is 3.61. The smallest absolute Gasteiger partial charge is 0.0400 e. The Bertz CT molecular complexity index is 384. The first-order valence-electron chi connectivity index (χ1n) is 5.98. The zero-order chi connectivity index (χ0) is 11.8. The lowest BCUT2D eigenvalue weighted by atomic mass is 10.0. The van der Waals surface area contributed by atoms with Crippen molar-refractivity contribution in [2.45, 2.75) is 44.5 Å². The molecule has 2 rings (SSSR count). The normalized spacial score (nSPS) is 19.1. The zero-order valence-electron chi connectivity index (χ0n) is 10.4. The quantitative estimate of drug-likeness (QED) is 0.732. The van der Waals surface area contributed by atoms with Gasteiger partial charge in [0.25, 0.3) is 0 Å². The van der Waals surface area contributed by atoms with E-state index in [1.807, 2.05) is 0 Å². The summed E-state index contributed by atoms with van der Waals surface area (Å²) in [6.07, 6.45) is 2.61. The lowest BCUT2D eigenvalue weighted by Gasteiger charge is -2.35. The number of nitrogens with zero attached hydrogens (tertiary/aromatic N) is 1. The molecule has 88 valence electrons. The molecule has 16 heavy (non-hydrogen) atoms. The predicted octanol–water partition coefficient (Wildman–Crippen LogP) is 4.27. The van der Waals surface area contributed by atoms with E-state index in [0.717, 1.165) is 5.33 Å². The first kappa shape index (κ1) is 12.0. The number of halogens is 1. The number of benzene rings is 1. The molecule has 0 atom stereocenters. The summed E-state index contributed by atoms with van der Waals surface area (Å²) < 4.78 is 0. The van der Waals surface area contributed by atoms with Gasteiger partial charge in [0.2, 0.25) is 0 Å². The van der Waals surface area contributed by atoms with Gasteiger partial charge in [-0.3, -0.25) is 0 Å². The van der Waals surface area contributed by atoms with Gasteiger partial charge >= 0.3 is 0 Å². The highest BCUT2D eigenvalue weighted by Crippen LogP contribution is 2.35. The molecule has 1 nitrogen and oxygen atoms in total. The van der Waals surface area contributed by atoms with E-state index >= 15 is 0 Å². The third kappa shape index (κ3) is 2.13. The molecule has 0 N–H and O–H groups in total. The van der Waals surface area contributed by atoms with Crippen LogP contribution in [0, 0.1) is 6.92 Å². The predicted molar refractivity (Wildman–Crippen MR) is 74.5 cm³/mol. The van der Waals surface area contributed by atoms with Crippen LogP contribution in [0.4, 0.5) is 5.69 Å². The van der Waals surface area contributed by atoms with Gasteiger partial charge in [0, 0.05) is 23.1 Å². The Kier molecular flexibility index (Phi) is 3.29. The number of anilines is 1. The third-order valence-corrected chi connectivity index (χ3v) is 4.25. The van der Waals surface area contributed by atoms with Crippen LogP contribution in [0.3, 0.4) is 0 Å². The fourth-order valence-electron chi connectivity index (χ4n) is 2.66. The summed E-state index contributed by atoms with van der Waals surface area (Å²) in [6.45, 7) is 8.10. The molecular weight excluding hydrogens is 262 g/mol. The minimum atomic E-state index is 0.320. The molecule has 1 aromatic rings. The topological polar surface area (TPSA) is 3.24 Å². The summed E-state index contributed by atoms with van der Waals surface area (Å²) in [5.74, 6) is 0. The fraction of sp³-hybridized carbons (Fsp3) is 0.571. The Morgan fingerprint density at radius 2 is 2.12 bits per heavy atom. The van der Waals surface area contributed by atoms with Gasteiger partial charge in [-0.15, -0.1) is 0 Å². The summed E-state index contributed by atoms with van der Waals surface area (Å²) in [5, 5.41) is 0.942. The summed E-state index contributed by atoms with van der Waals surface area (Å²) in [6, 6.07) is 6.79. The Balaban J connectivity index is 2.34. The average Bonchev–Trinajstić information content (AvgIpc) is 2.58. The summed E-state index contributed by atoms with van der Waals surface area (Å²) in [4.78, 5) is 2.56. The van der Waals surface area contributed by atoms with Gasteiger partial charge in [0.1, 0.15) is 0 Å². The molecule has 0 spiro atoms. The summed E-state index contributed by atoms with van der Waals surface area (Å²) in [7, 11) is 0. The van der Waals surface area contributed by atoms with E-state index in [0.29, 0.717) is 5.54 Å². The van der Waals surface area contributed by atoms with Crippen molar-refractivity contribution in [2.75, 3.05) is 11.4 Å². The second-order valence-electron chi connectivity index (χ2n) is 5.32. The molecular formula is C14H20BrN. The van der Waals surface area contributed by atoms with Crippen LogP contribution in [0.2, 0.25) is 0 Å². The molecule has 1 aromatic carbocycles. The minimum Gasteiger partial charge on any atom is -0.366 e. The van der Waals surface area contributed by atoms with Crippen molar-refractivity contribution in [3.8, 4) is 0 Å². The minimum absolute atomic E-state index is 0.320. The molecule has 1 aliphatic heterocycles. The molecule has 0 unspecified atom stereocenters. The van der Waals surface area contributed by atoms with E-state index in [-0.39, 0.29) is 0 Å². The van der Waals surface area contributed by atoms with Crippen LogP contribution in [0.15, 0.2) is 18.2 Å². The molecule has 1 fully saturated rings. The number of alkyl halides is 1. The van der Waals surface area contributed by atoms with Crippen LogP contribution in [-0.4, -0.2) is 12.1 Å². The molecule has 0 radical (unpaired) electrons. The highest BCUT2D eigenvalue weighted by atomic mass is 79.9. The van der Waals surface area contributed by atoms with Crippen LogP contribution in [0.25, 0.3) is 0 Å². The van der Waals surface area contributed by atoms with Crippen molar-refractivity contribution < 1.29 is 0 Å². The van der Waals surface area contributed by atoms with Gasteiger partial charge in [0.15, 0.2) is 0 Å². The van der Waals surface area contributed by atoms with Crippen LogP contribution in [-0.2, 0) is 5.33 Å². The molecule has 0 amide bonds. The van der Waals surface area contributed by atoms with E-state index in [2.05, 4.69) is 59.8 Å². The second-order valence-corrected chi connectivity index (χ2v) is 5.88. The Hall–Kier alpha value is -0.500. The Labute approximate surface area is 107 Å². The molecule has 0 bridgehead atoms. The number of aryl methyl sites for hydroxylation is 1. The van der Waals surface area contributed by atoms with E-state index in [1.165, 1.54) is 36.2 Å². The average molecular weight is 282 g/mol. The number of hydrogen-bond donors (Lipinski definition) is 0. The highest BCUT2D eigenvalue weighted by molar-refractivity contribution is 9.08. The standard InChI is InChI=1S/C14H20BrN/c1-11-9-12(10-15)5-6-13(11)16-8-4-7-14(16,2)3/h5-6,9H,4,7-8,10H2,1-3H3. The van der Waals surface area contributed by atoms with Crippen LogP contribution in [0.1, 0.15) is 37.8 Å². The van der Waals surface area contributed by atoms with E-state index in [9.17, 15) is 0 Å². The summed E-state index contributed by atoms with van der Waals surface area (Å²) in [5.41, 5.74) is 4.48. The molecule has 0 saturated carbocycles. The highest BCUT2D eigenvalue weighted by Gasteiger charge is 2.32. The van der Waals surface area contributed by atoms with Gasteiger partial charge in [-0.2, -0.15) is 0 Å². The fourth-order valence-corrected chi connectivity index (χ4v) is 3.01. The van der Waals surface area contributed by atoms with E-state index in [1.54, 1.807) is 0 Å². The van der Waals surface area contributed by atoms with Crippen LogP contribution in [0.5, 0.6) is 0 Å². The summed E-state index contributed by atoms with van der Waals surface area (Å²) >= 11 is 3.51. The maximum absolute atomic E-state index is 3.51. The van der Waals surface area contributed by atoms with Crippen molar-refractivity contribution >= 4 is 21.6 Å². The van der Waals surface area contributed by atoms with Crippen LogP contribution >= 0.6 is 15.9 Å². The van der Waals surface area contributed by atoms with E-state index < -0.39 is 0 Å². The van der Waals surface area contributed by atoms with Crippen molar-refractivity contribution in [3.05, 3.63) is 29.3 Å². The number of rotatable bonds is 2. The number of hydrogen-bond acceptors (Lipinski definition) is 1. The maximum atomic E-state index is 3.51. The van der Waals surface area contributed by atoms with Crippen molar-refractivity contribution in [1.29, 1.82) is 0 Å². The van der Waals surface area contributed by atoms with Crippen molar-refractivity contribution in [1.82, 2.24) is 0 Å². The first-order valence-corrected chi connectivity index (χ1v) is 7.10. The Morgan fingerprint density at radius 3 is 2.62 bits per heavy atom. The SMILES string of the molecule is Cc1cc(CBr)ccc1N1CCCC1(C)C. The molecule has 1 aliphatic rings. The lowest BCUT2D eigenvalue weighted by molar-refractivity contribution is 0.517. The first-order chi connectivity index (χ1) is 7.54. The lowest BCUT2D eigenvalue weighted by Crippen LogP contribution is -2.38. The zero-order valence-corrected chi connectivity index (χ0v) is 12.0. The molecule has 1 heterocycles. The Morgan fingerprint density at radius 1 is 1.38 bits per heavy atom. The largest absolute Gasteiger partial charge is 0.366 e. The van der Waals surface area contributed by atoms with Gasteiger partial charge in [0.05, 0.1) is 0 Å². The van der Waals surface area contributed by atoms with Gasteiger partial charge in [-0.1, -0.05) is 28.1 Å². The molecule has 2 heteroatoms. The van der Waals surface area contributed by atoms with Gasteiger partial charge in [-0.05, 0) is 50.8 Å². The van der Waals surface area contributed by atoms with Gasteiger partial charge in [-0.25, -0.2) is 0 Å². The van der Waals surface area contributed by atoms with Crippen molar-refractivity contribution in [3.63, 3.8) is 0 Å². The van der Waals surface area contributed by atoms with Crippen molar-refractivity contribution in [2.24, 2.45) is 0 Å². The second kappa shape index (κ2) is 4.40. The van der Waals surface area contributed by atoms with Crippen LogP contribution < -0.4 is 4.90 Å². The van der Waals surface area contributed by atoms with E-state index in [4.69, 9.17) is 0 Å². The van der Waals surface area contributed by atoms with Gasteiger partial charge < -0.3 is 4.90 Å². The maximum Gasteiger partial charge on any atom is 0.0400 e.